The van der Waals surface area contributed by atoms with Gasteiger partial charge in [-0.15, -0.1) is 5.10 Å². The maximum absolute atomic E-state index is 12.0. The van der Waals surface area contributed by atoms with Gasteiger partial charge in [-0.1, -0.05) is 0 Å². The number of carboxylic acid groups (broad SMARTS) is 1. The monoisotopic (exact) mass is 316 g/mol. The van der Waals surface area contributed by atoms with Crippen molar-refractivity contribution < 1.29 is 23.1 Å². The van der Waals surface area contributed by atoms with Gasteiger partial charge in [-0.05, 0) is 6.92 Å². The van der Waals surface area contributed by atoms with Gasteiger partial charge in [0.1, 0.15) is 11.4 Å². The number of rotatable bonds is 7. The average Bonchev–Trinajstić information content (AvgIpc) is 2.98. The highest BCUT2D eigenvalue weighted by Crippen LogP contribution is 2.13. The Morgan fingerprint density at radius 3 is 3.00 bits per heavy atom. The zero-order chi connectivity index (χ0) is 15.5. The molecule has 21 heavy (non-hydrogen) atoms. The first-order valence-electron chi connectivity index (χ1n) is 5.73. The van der Waals surface area contributed by atoms with E-state index in [0.29, 0.717) is 6.61 Å². The van der Waals surface area contributed by atoms with E-state index < -0.39 is 22.5 Å². The third kappa shape index (κ3) is 3.68. The van der Waals surface area contributed by atoms with Gasteiger partial charge in [-0.2, -0.15) is 10.1 Å². The van der Waals surface area contributed by atoms with Gasteiger partial charge in [0.05, 0.1) is 12.8 Å². The maximum atomic E-state index is 12.0. The first kappa shape index (κ1) is 14.8. The Hall–Kier alpha value is -2.63. The lowest BCUT2D eigenvalue weighted by Crippen LogP contribution is -2.14. The Bertz CT molecular complexity index is 735. The lowest BCUT2D eigenvalue weighted by Gasteiger charge is -2.01. The van der Waals surface area contributed by atoms with E-state index in [1.807, 2.05) is 0 Å². The van der Waals surface area contributed by atoms with Crippen LogP contribution in [0.15, 0.2) is 17.3 Å². The highest BCUT2D eigenvalue weighted by molar-refractivity contribution is 7.92. The second kappa shape index (κ2) is 5.78. The number of aliphatic carboxylic acids is 1. The molecule has 0 saturated heterocycles. The third-order valence-electron chi connectivity index (χ3n) is 2.19. The Kier molecular flexibility index (Phi) is 4.07. The number of aromatic nitrogens is 5. The van der Waals surface area contributed by atoms with E-state index in [0.717, 1.165) is 17.1 Å². The summed E-state index contributed by atoms with van der Waals surface area (Å²) >= 11 is 0. The van der Waals surface area contributed by atoms with Crippen LogP contribution in [0.1, 0.15) is 6.92 Å². The Labute approximate surface area is 119 Å². The SMILES string of the molecule is CCOc1n[nH]c(NS(=O)(=O)c2cnn(CC(=O)O)c2)n1. The first-order chi connectivity index (χ1) is 9.90. The van der Waals surface area contributed by atoms with Crippen molar-refractivity contribution >= 4 is 21.9 Å². The van der Waals surface area contributed by atoms with Crippen LogP contribution in [0.4, 0.5) is 5.95 Å². The van der Waals surface area contributed by atoms with E-state index in [1.165, 1.54) is 0 Å². The van der Waals surface area contributed by atoms with Gasteiger partial charge >= 0.3 is 12.0 Å². The fourth-order valence-corrected chi connectivity index (χ4v) is 2.29. The molecule has 11 nitrogen and oxygen atoms in total. The predicted octanol–water partition coefficient (Wildman–Crippen LogP) is -0.715. The number of sulfonamides is 1. The summed E-state index contributed by atoms with van der Waals surface area (Å²) in [6.45, 7) is 1.63. The summed E-state index contributed by atoms with van der Waals surface area (Å²) in [5.74, 6) is -1.25. The van der Waals surface area contributed by atoms with Crippen LogP contribution in [-0.4, -0.2) is 51.1 Å². The lowest BCUT2D eigenvalue weighted by atomic mass is 10.6. The molecule has 2 rings (SSSR count). The molecule has 2 aromatic heterocycles. The van der Waals surface area contributed by atoms with E-state index >= 15 is 0 Å². The number of ether oxygens (including phenoxy) is 1. The average molecular weight is 316 g/mol. The van der Waals surface area contributed by atoms with Gasteiger partial charge in [-0.3, -0.25) is 9.48 Å². The zero-order valence-electron chi connectivity index (χ0n) is 10.8. The number of carbonyl (C=O) groups is 1. The molecular weight excluding hydrogens is 304 g/mol. The van der Waals surface area contributed by atoms with Crippen molar-refractivity contribution in [1.29, 1.82) is 0 Å². The zero-order valence-corrected chi connectivity index (χ0v) is 11.7. The topological polar surface area (TPSA) is 152 Å². The summed E-state index contributed by atoms with van der Waals surface area (Å²) in [4.78, 5) is 14.1. The maximum Gasteiger partial charge on any atom is 0.337 e. The van der Waals surface area contributed by atoms with Crippen LogP contribution in [0.3, 0.4) is 0 Å². The largest absolute Gasteiger partial charge is 0.480 e. The standard InChI is InChI=1S/C9H12N6O5S/c1-2-20-9-11-8(12-13-9)14-21(18,19)6-3-10-15(4-6)5-7(16)17/h3-4H,2,5H2,1H3,(H,16,17)(H2,11,12,13,14). The molecule has 0 spiro atoms. The quantitative estimate of drug-likeness (QED) is 0.605. The number of hydrogen-bond acceptors (Lipinski definition) is 7. The molecule has 0 aliphatic carbocycles. The fourth-order valence-electron chi connectivity index (χ4n) is 1.38. The Morgan fingerprint density at radius 1 is 1.57 bits per heavy atom. The minimum Gasteiger partial charge on any atom is -0.480 e. The molecule has 2 aromatic rings. The summed E-state index contributed by atoms with van der Waals surface area (Å²) in [7, 11) is -3.95. The highest BCUT2D eigenvalue weighted by atomic mass is 32.2. The van der Waals surface area contributed by atoms with Crippen LogP contribution in [0.5, 0.6) is 6.01 Å². The summed E-state index contributed by atoms with van der Waals surface area (Å²) in [6.07, 6.45) is 2.13. The molecule has 0 atom stereocenters. The van der Waals surface area contributed by atoms with E-state index in [2.05, 4.69) is 25.0 Å². The molecule has 0 unspecified atom stereocenters. The van der Waals surface area contributed by atoms with Crippen LogP contribution in [0.25, 0.3) is 0 Å². The summed E-state index contributed by atoms with van der Waals surface area (Å²) in [6, 6.07) is 0.0109. The number of hydrogen-bond donors (Lipinski definition) is 3. The van der Waals surface area contributed by atoms with E-state index in [4.69, 9.17) is 9.84 Å². The van der Waals surface area contributed by atoms with Crippen molar-refractivity contribution in [2.75, 3.05) is 11.3 Å². The highest BCUT2D eigenvalue weighted by Gasteiger charge is 2.19. The number of aromatic amines is 1. The molecule has 3 N–H and O–H groups in total. The molecule has 0 aromatic carbocycles. The van der Waals surface area contributed by atoms with E-state index in [9.17, 15) is 13.2 Å². The summed E-state index contributed by atoms with van der Waals surface area (Å²) in [5.41, 5.74) is 0. The van der Waals surface area contributed by atoms with E-state index in [1.54, 1.807) is 6.92 Å². The normalized spacial score (nSPS) is 11.3. The van der Waals surface area contributed by atoms with Crippen LogP contribution >= 0.6 is 0 Å². The van der Waals surface area contributed by atoms with Crippen molar-refractivity contribution in [3.63, 3.8) is 0 Å². The second-order valence-electron chi connectivity index (χ2n) is 3.77. The van der Waals surface area contributed by atoms with Crippen molar-refractivity contribution in [1.82, 2.24) is 25.0 Å². The summed E-state index contributed by atoms with van der Waals surface area (Å²) < 4.78 is 32.2. The number of anilines is 1. The van der Waals surface area contributed by atoms with E-state index in [-0.39, 0.29) is 16.9 Å². The first-order valence-corrected chi connectivity index (χ1v) is 7.21. The molecule has 0 aliphatic heterocycles. The van der Waals surface area contributed by atoms with Crippen molar-refractivity contribution in [2.24, 2.45) is 0 Å². The lowest BCUT2D eigenvalue weighted by molar-refractivity contribution is -0.137. The van der Waals surface area contributed by atoms with Gasteiger partial charge in [0.2, 0.25) is 5.95 Å². The molecule has 12 heteroatoms. The number of nitrogens with zero attached hydrogens (tertiary/aromatic N) is 4. The molecular formula is C9H12N6O5S. The predicted molar refractivity (Wildman–Crippen MR) is 68.2 cm³/mol. The Balaban J connectivity index is 2.13. The molecule has 0 aliphatic rings. The molecule has 0 bridgehead atoms. The van der Waals surface area contributed by atoms with Crippen molar-refractivity contribution in [2.45, 2.75) is 18.4 Å². The molecule has 114 valence electrons. The van der Waals surface area contributed by atoms with Crippen LogP contribution < -0.4 is 9.46 Å². The molecule has 0 amide bonds. The van der Waals surface area contributed by atoms with Gasteiger partial charge in [0.15, 0.2) is 0 Å². The molecule has 0 saturated carbocycles. The van der Waals surface area contributed by atoms with Crippen molar-refractivity contribution in [3.05, 3.63) is 12.4 Å². The minimum absolute atomic E-state index is 0.0109. The number of nitrogens with one attached hydrogen (secondary N) is 2. The van der Waals surface area contributed by atoms with Gasteiger partial charge in [0, 0.05) is 6.20 Å². The summed E-state index contributed by atoms with van der Waals surface area (Å²) in [5, 5.41) is 18.3. The third-order valence-corrected chi connectivity index (χ3v) is 3.48. The Morgan fingerprint density at radius 2 is 2.33 bits per heavy atom. The van der Waals surface area contributed by atoms with Crippen molar-refractivity contribution in [3.8, 4) is 6.01 Å². The second-order valence-corrected chi connectivity index (χ2v) is 5.45. The molecule has 0 fully saturated rings. The number of carboxylic acids is 1. The number of H-pyrrole nitrogens is 1. The molecule has 2 heterocycles. The van der Waals surface area contributed by atoms with Crippen LogP contribution in [0.2, 0.25) is 0 Å². The smallest absolute Gasteiger partial charge is 0.337 e. The van der Waals surface area contributed by atoms with Gasteiger partial charge in [0.25, 0.3) is 10.0 Å². The van der Waals surface area contributed by atoms with Crippen LogP contribution in [0, 0.1) is 0 Å². The fraction of sp³-hybridized carbons (Fsp3) is 0.333. The van der Waals surface area contributed by atoms with Crippen LogP contribution in [-0.2, 0) is 21.4 Å². The molecule has 0 radical (unpaired) electrons. The van der Waals surface area contributed by atoms with Gasteiger partial charge < -0.3 is 9.84 Å². The van der Waals surface area contributed by atoms with Gasteiger partial charge in [-0.25, -0.2) is 18.2 Å². The minimum atomic E-state index is -3.95.